The fourth-order valence-electron chi connectivity index (χ4n) is 4.06. The van der Waals surface area contributed by atoms with Crippen LogP contribution in [-0.2, 0) is 20.9 Å². The molecule has 2 aromatic carbocycles. The first-order valence-corrected chi connectivity index (χ1v) is 12.0. The number of halogens is 1. The highest BCUT2D eigenvalue weighted by Crippen LogP contribution is 2.25. The normalized spacial score (nSPS) is 15.3. The van der Waals surface area contributed by atoms with Gasteiger partial charge in [-0.3, -0.25) is 9.69 Å². The van der Waals surface area contributed by atoms with Crippen LogP contribution in [0.4, 0.5) is 0 Å². The highest BCUT2D eigenvalue weighted by molar-refractivity contribution is 6.30. The topological polar surface area (TPSA) is 80.6 Å². The number of ether oxygens (including phenoxy) is 1. The van der Waals surface area contributed by atoms with Gasteiger partial charge < -0.3 is 9.64 Å². The molecule has 0 saturated carbocycles. The second kappa shape index (κ2) is 11.8. The molecule has 1 aliphatic heterocycles. The quantitative estimate of drug-likeness (QED) is 0.353. The lowest BCUT2D eigenvalue weighted by Gasteiger charge is -2.38. The molecule has 1 fully saturated rings. The number of benzene rings is 2. The van der Waals surface area contributed by atoms with Gasteiger partial charge in [0.2, 0.25) is 5.91 Å². The average molecular weight is 494 g/mol. The zero-order valence-electron chi connectivity index (χ0n) is 19.6. The Bertz CT molecular complexity index is 1160. The molecule has 0 radical (unpaired) electrons. The fraction of sp³-hybridized carbons (Fsp3) is 0.308. The third-order valence-corrected chi connectivity index (χ3v) is 6.08. The van der Waals surface area contributed by atoms with Gasteiger partial charge in [-0.05, 0) is 36.3 Å². The van der Waals surface area contributed by atoms with Crippen LogP contribution in [0.1, 0.15) is 29.8 Å². The summed E-state index contributed by atoms with van der Waals surface area (Å²) in [4.78, 5) is 29.3. The van der Waals surface area contributed by atoms with Crippen molar-refractivity contribution < 1.29 is 14.3 Å². The van der Waals surface area contributed by atoms with Gasteiger partial charge in [-0.1, -0.05) is 59.3 Å². The van der Waals surface area contributed by atoms with E-state index in [4.69, 9.17) is 16.3 Å². The van der Waals surface area contributed by atoms with Crippen LogP contribution < -0.4 is 0 Å². The molecular weight excluding hydrogens is 466 g/mol. The fourth-order valence-corrected chi connectivity index (χ4v) is 4.19. The Hall–Kier alpha value is -3.49. The van der Waals surface area contributed by atoms with Crippen LogP contribution in [0.2, 0.25) is 5.02 Å². The molecule has 1 unspecified atom stereocenters. The third kappa shape index (κ3) is 6.55. The molecule has 3 aromatic rings. The summed E-state index contributed by atoms with van der Waals surface area (Å²) in [6.07, 6.45) is 5.01. The number of amides is 1. The van der Waals surface area contributed by atoms with Gasteiger partial charge >= 0.3 is 5.97 Å². The van der Waals surface area contributed by atoms with Gasteiger partial charge in [0.15, 0.2) is 0 Å². The minimum absolute atomic E-state index is 0.0959. The minimum atomic E-state index is -0.528. The lowest BCUT2D eigenvalue weighted by atomic mass is 10.0. The molecular formula is C26H28ClN5O3. The van der Waals surface area contributed by atoms with E-state index >= 15 is 0 Å². The number of rotatable bonds is 8. The molecule has 9 heteroatoms. The van der Waals surface area contributed by atoms with Crippen molar-refractivity contribution in [3.05, 3.63) is 88.7 Å². The zero-order chi connectivity index (χ0) is 24.6. The van der Waals surface area contributed by atoms with Gasteiger partial charge in [0.05, 0.1) is 19.3 Å². The molecule has 1 amide bonds. The summed E-state index contributed by atoms with van der Waals surface area (Å²) in [5.41, 5.74) is 2.57. The van der Waals surface area contributed by atoms with E-state index in [1.807, 2.05) is 53.6 Å². The maximum Gasteiger partial charge on any atom is 0.328 e. The van der Waals surface area contributed by atoms with Crippen LogP contribution in [-0.4, -0.2) is 69.5 Å². The molecule has 0 spiro atoms. The molecule has 1 saturated heterocycles. The van der Waals surface area contributed by atoms with Crippen molar-refractivity contribution in [1.82, 2.24) is 24.8 Å². The number of carbonyl (C=O) groups excluding carboxylic acids is 2. The lowest BCUT2D eigenvalue weighted by Crippen LogP contribution is -2.50. The molecule has 1 aromatic heterocycles. The number of aromatic nitrogens is 3. The van der Waals surface area contributed by atoms with Crippen molar-refractivity contribution in [3.8, 4) is 0 Å². The molecule has 1 aliphatic rings. The number of esters is 1. The van der Waals surface area contributed by atoms with E-state index in [0.717, 1.165) is 11.1 Å². The van der Waals surface area contributed by atoms with Crippen LogP contribution in [0.3, 0.4) is 0 Å². The summed E-state index contributed by atoms with van der Waals surface area (Å²) in [5.74, 6) is -0.394. The largest absolute Gasteiger partial charge is 0.465 e. The van der Waals surface area contributed by atoms with Gasteiger partial charge in [-0.25, -0.2) is 9.48 Å². The van der Waals surface area contributed by atoms with Gasteiger partial charge in [0.25, 0.3) is 0 Å². The van der Waals surface area contributed by atoms with Crippen molar-refractivity contribution in [2.45, 2.75) is 19.5 Å². The first-order chi connectivity index (χ1) is 17.0. The van der Waals surface area contributed by atoms with E-state index in [-0.39, 0.29) is 11.9 Å². The van der Waals surface area contributed by atoms with Crippen LogP contribution in [0.25, 0.3) is 6.08 Å². The molecule has 1 atom stereocenters. The average Bonchev–Trinajstić information content (AvgIpc) is 3.32. The highest BCUT2D eigenvalue weighted by Gasteiger charge is 2.32. The molecule has 0 bridgehead atoms. The summed E-state index contributed by atoms with van der Waals surface area (Å²) in [7, 11) is 0. The molecule has 0 aliphatic carbocycles. The van der Waals surface area contributed by atoms with Crippen molar-refractivity contribution >= 4 is 29.6 Å². The van der Waals surface area contributed by atoms with Crippen LogP contribution >= 0.6 is 11.6 Å². The standard InChI is InChI=1S/C26H28ClN5O3/c1-2-35-26(34)25(21-8-10-22(27)11-9-21)31-16-14-30(15-17-31)24(33)13-12-23-19-32(29-28-23)18-20-6-4-3-5-7-20/h3-13,19,25H,2,14-18H2,1H3/b13-12+. The first kappa shape index (κ1) is 24.6. The Balaban J connectivity index is 1.34. The number of hydrogen-bond donors (Lipinski definition) is 0. The Kier molecular flexibility index (Phi) is 8.28. The molecule has 0 N–H and O–H groups in total. The predicted molar refractivity (Wildman–Crippen MR) is 134 cm³/mol. The SMILES string of the molecule is CCOC(=O)C(c1ccc(Cl)cc1)N1CCN(C(=O)/C=C/c2cn(Cc3ccccc3)nn2)CC1. The first-order valence-electron chi connectivity index (χ1n) is 11.6. The Morgan fingerprint density at radius 2 is 1.77 bits per heavy atom. The summed E-state index contributed by atoms with van der Waals surface area (Å²) >= 11 is 6.02. The number of piperazine rings is 1. The van der Waals surface area contributed by atoms with Gasteiger partial charge in [-0.15, -0.1) is 5.10 Å². The second-order valence-electron chi connectivity index (χ2n) is 8.23. The smallest absolute Gasteiger partial charge is 0.328 e. The maximum absolute atomic E-state index is 12.7. The molecule has 182 valence electrons. The molecule has 4 rings (SSSR count). The summed E-state index contributed by atoms with van der Waals surface area (Å²) in [6, 6.07) is 16.7. The van der Waals surface area contributed by atoms with E-state index < -0.39 is 6.04 Å². The Labute approximate surface area is 209 Å². The highest BCUT2D eigenvalue weighted by atomic mass is 35.5. The van der Waals surface area contributed by atoms with Gasteiger partial charge in [0.1, 0.15) is 11.7 Å². The minimum Gasteiger partial charge on any atom is -0.465 e. The lowest BCUT2D eigenvalue weighted by molar-refractivity contribution is -0.151. The van der Waals surface area contributed by atoms with Crippen molar-refractivity contribution in [1.29, 1.82) is 0 Å². The van der Waals surface area contributed by atoms with E-state index in [1.165, 1.54) is 6.08 Å². The van der Waals surface area contributed by atoms with E-state index in [9.17, 15) is 9.59 Å². The molecule has 8 nitrogen and oxygen atoms in total. The van der Waals surface area contributed by atoms with Crippen LogP contribution in [0, 0.1) is 0 Å². The van der Waals surface area contributed by atoms with E-state index in [0.29, 0.717) is 50.0 Å². The Morgan fingerprint density at radius 3 is 2.46 bits per heavy atom. The monoisotopic (exact) mass is 493 g/mol. The number of hydrogen-bond acceptors (Lipinski definition) is 6. The molecule has 35 heavy (non-hydrogen) atoms. The van der Waals surface area contributed by atoms with Crippen molar-refractivity contribution in [2.75, 3.05) is 32.8 Å². The van der Waals surface area contributed by atoms with Crippen LogP contribution in [0.5, 0.6) is 0 Å². The van der Waals surface area contributed by atoms with Gasteiger partial charge in [-0.2, -0.15) is 0 Å². The number of carbonyl (C=O) groups is 2. The Morgan fingerprint density at radius 1 is 1.06 bits per heavy atom. The second-order valence-corrected chi connectivity index (χ2v) is 8.66. The van der Waals surface area contributed by atoms with E-state index in [1.54, 1.807) is 34.7 Å². The van der Waals surface area contributed by atoms with Crippen molar-refractivity contribution in [3.63, 3.8) is 0 Å². The van der Waals surface area contributed by atoms with Crippen molar-refractivity contribution in [2.24, 2.45) is 0 Å². The zero-order valence-corrected chi connectivity index (χ0v) is 20.3. The number of nitrogens with zero attached hydrogens (tertiary/aromatic N) is 5. The van der Waals surface area contributed by atoms with Gasteiger partial charge in [0, 0.05) is 37.3 Å². The van der Waals surface area contributed by atoms with Crippen LogP contribution in [0.15, 0.2) is 66.9 Å². The summed E-state index contributed by atoms with van der Waals surface area (Å²) in [6.45, 7) is 4.84. The third-order valence-electron chi connectivity index (χ3n) is 5.83. The van der Waals surface area contributed by atoms with E-state index in [2.05, 4.69) is 10.3 Å². The maximum atomic E-state index is 12.7. The summed E-state index contributed by atoms with van der Waals surface area (Å²) < 4.78 is 7.06. The summed E-state index contributed by atoms with van der Waals surface area (Å²) in [5, 5.41) is 8.87. The molecule has 2 heterocycles. The predicted octanol–water partition coefficient (Wildman–Crippen LogP) is 3.44.